The van der Waals surface area contributed by atoms with Gasteiger partial charge in [-0.15, -0.1) is 0 Å². The molecule has 0 atom stereocenters. The molecule has 0 aromatic heterocycles. The lowest BCUT2D eigenvalue weighted by Crippen LogP contribution is -2.41. The van der Waals surface area contributed by atoms with Crippen LogP contribution in [0.25, 0.3) is 10.4 Å². The van der Waals surface area contributed by atoms with Gasteiger partial charge >= 0.3 is 0 Å². The van der Waals surface area contributed by atoms with Crippen LogP contribution in [0.1, 0.15) is 25.7 Å². The normalized spacial score (nSPS) is 17.1. The highest BCUT2D eigenvalue weighted by Gasteiger charge is 2.23. The second-order valence-corrected chi connectivity index (χ2v) is 6.40. The highest BCUT2D eigenvalue weighted by atomic mass is 32.2. The second-order valence-electron chi connectivity index (χ2n) is 4.38. The zero-order valence-electron chi connectivity index (χ0n) is 11.1. The first-order valence-corrected chi connectivity index (χ1v) is 8.16. The molecule has 7 nitrogen and oxygen atoms in total. The zero-order chi connectivity index (χ0) is 14.0. The van der Waals surface area contributed by atoms with Crippen molar-refractivity contribution in [1.29, 1.82) is 0 Å². The summed E-state index contributed by atoms with van der Waals surface area (Å²) < 4.78 is 30.5. The standard InChI is InChI=1S/C11H21N4O3S/c12-14-13-6-4-2-1-3-5-11-19(16,17)15-7-9-18-10-8-15/h5H,1-4,6-11H2. The van der Waals surface area contributed by atoms with Gasteiger partial charge in [0.05, 0.1) is 19.0 Å². The smallest absolute Gasteiger partial charge is 0.214 e. The molecule has 1 aliphatic rings. The number of nitrogens with zero attached hydrogens (tertiary/aromatic N) is 4. The number of rotatable bonds is 9. The number of unbranched alkanes of at least 4 members (excludes halogenated alkanes) is 4. The maximum absolute atomic E-state index is 11.9. The van der Waals surface area contributed by atoms with Gasteiger partial charge in [-0.05, 0) is 24.8 Å². The van der Waals surface area contributed by atoms with E-state index in [9.17, 15) is 8.42 Å². The van der Waals surface area contributed by atoms with Crippen LogP contribution < -0.4 is 0 Å². The lowest BCUT2D eigenvalue weighted by molar-refractivity contribution is 0.0731. The maximum Gasteiger partial charge on any atom is 0.214 e. The SMILES string of the molecule is [N-]=[N+]=NCCCCC[CH]CS(=O)(=O)N1CCOCC1. The van der Waals surface area contributed by atoms with Crippen LogP contribution in [0.5, 0.6) is 0 Å². The number of azide groups is 1. The van der Waals surface area contributed by atoms with Crippen LogP contribution in [0.3, 0.4) is 0 Å². The number of hydrogen-bond acceptors (Lipinski definition) is 4. The largest absolute Gasteiger partial charge is 0.379 e. The summed E-state index contributed by atoms with van der Waals surface area (Å²) in [5.74, 6) is 0.101. The van der Waals surface area contributed by atoms with Crippen LogP contribution >= 0.6 is 0 Å². The molecule has 0 aromatic rings. The summed E-state index contributed by atoms with van der Waals surface area (Å²) >= 11 is 0. The fourth-order valence-electron chi connectivity index (χ4n) is 1.86. The molecule has 0 spiro atoms. The third-order valence-corrected chi connectivity index (χ3v) is 4.73. The molecule has 0 aliphatic carbocycles. The van der Waals surface area contributed by atoms with E-state index in [1.165, 1.54) is 4.31 Å². The lowest BCUT2D eigenvalue weighted by Gasteiger charge is -2.25. The van der Waals surface area contributed by atoms with Crippen molar-refractivity contribution < 1.29 is 13.2 Å². The molecule has 1 rings (SSSR count). The predicted molar refractivity (Wildman–Crippen MR) is 73.0 cm³/mol. The Hall–Kier alpha value is -0.820. The van der Waals surface area contributed by atoms with Gasteiger partial charge in [0.1, 0.15) is 0 Å². The molecule has 1 radical (unpaired) electrons. The number of morpholine rings is 1. The van der Waals surface area contributed by atoms with Gasteiger partial charge in [0, 0.05) is 24.5 Å². The van der Waals surface area contributed by atoms with E-state index in [0.29, 0.717) is 32.8 Å². The van der Waals surface area contributed by atoms with E-state index in [1.54, 1.807) is 0 Å². The minimum absolute atomic E-state index is 0.101. The molecule has 0 N–H and O–H groups in total. The summed E-state index contributed by atoms with van der Waals surface area (Å²) in [5, 5.41) is 3.45. The number of hydrogen-bond donors (Lipinski definition) is 0. The first-order chi connectivity index (χ1) is 9.17. The van der Waals surface area contributed by atoms with Crippen molar-refractivity contribution in [3.8, 4) is 0 Å². The molecule has 0 bridgehead atoms. The molecule has 1 heterocycles. The van der Waals surface area contributed by atoms with Gasteiger partial charge in [0.25, 0.3) is 0 Å². The van der Waals surface area contributed by atoms with Gasteiger partial charge in [-0.2, -0.15) is 4.31 Å². The summed E-state index contributed by atoms with van der Waals surface area (Å²) in [7, 11) is -3.15. The summed E-state index contributed by atoms with van der Waals surface area (Å²) in [5.41, 5.74) is 8.09. The highest BCUT2D eigenvalue weighted by molar-refractivity contribution is 7.89. The number of sulfonamides is 1. The van der Waals surface area contributed by atoms with Crippen LogP contribution in [0.4, 0.5) is 0 Å². The maximum atomic E-state index is 11.9. The molecule has 0 unspecified atom stereocenters. The van der Waals surface area contributed by atoms with E-state index in [2.05, 4.69) is 10.0 Å². The van der Waals surface area contributed by atoms with Gasteiger partial charge in [-0.1, -0.05) is 18.0 Å². The summed E-state index contributed by atoms with van der Waals surface area (Å²) in [6, 6.07) is 0. The monoisotopic (exact) mass is 289 g/mol. The molecule has 1 fully saturated rings. The molecule has 1 saturated heterocycles. The van der Waals surface area contributed by atoms with E-state index < -0.39 is 10.0 Å². The van der Waals surface area contributed by atoms with Crippen molar-refractivity contribution in [2.75, 3.05) is 38.6 Å². The predicted octanol–water partition coefficient (Wildman–Crippen LogP) is 1.72. The van der Waals surface area contributed by atoms with Crippen molar-refractivity contribution in [2.45, 2.75) is 25.7 Å². The summed E-state index contributed by atoms with van der Waals surface area (Å²) in [6.07, 6.45) is 5.33. The topological polar surface area (TPSA) is 95.4 Å². The Morgan fingerprint density at radius 3 is 2.68 bits per heavy atom. The highest BCUT2D eigenvalue weighted by Crippen LogP contribution is 2.09. The Bertz CT molecular complexity index is 387. The molecule has 109 valence electrons. The Balaban J connectivity index is 2.08. The van der Waals surface area contributed by atoms with E-state index >= 15 is 0 Å². The average Bonchev–Trinajstić information content (AvgIpc) is 2.43. The van der Waals surface area contributed by atoms with E-state index in [4.69, 9.17) is 10.3 Å². The summed E-state index contributed by atoms with van der Waals surface area (Å²) in [6.45, 7) is 2.41. The molecule has 0 aromatic carbocycles. The van der Waals surface area contributed by atoms with E-state index in [-0.39, 0.29) is 5.75 Å². The first kappa shape index (κ1) is 16.2. The second kappa shape index (κ2) is 9.14. The molecule has 0 amide bonds. The summed E-state index contributed by atoms with van der Waals surface area (Å²) in [4.78, 5) is 2.68. The number of ether oxygens (including phenoxy) is 1. The van der Waals surface area contributed by atoms with Gasteiger partial charge in [0.2, 0.25) is 10.0 Å². The molecular weight excluding hydrogens is 268 g/mol. The lowest BCUT2D eigenvalue weighted by atomic mass is 10.2. The Labute approximate surface area is 114 Å². The Kier molecular flexibility index (Phi) is 7.81. The minimum Gasteiger partial charge on any atom is -0.379 e. The van der Waals surface area contributed by atoms with Gasteiger partial charge in [0.15, 0.2) is 0 Å². The van der Waals surface area contributed by atoms with Crippen molar-refractivity contribution in [1.82, 2.24) is 4.31 Å². The third kappa shape index (κ3) is 6.77. The van der Waals surface area contributed by atoms with Gasteiger partial charge in [-0.3, -0.25) is 0 Å². The van der Waals surface area contributed by atoms with Crippen LogP contribution in [-0.2, 0) is 14.8 Å². The van der Waals surface area contributed by atoms with Crippen LogP contribution in [0, 0.1) is 6.42 Å². The zero-order valence-corrected chi connectivity index (χ0v) is 11.9. The molecule has 0 saturated carbocycles. The first-order valence-electron chi connectivity index (χ1n) is 6.55. The quantitative estimate of drug-likeness (QED) is 0.280. The van der Waals surface area contributed by atoms with E-state index in [0.717, 1.165) is 25.7 Å². The fourth-order valence-corrected chi connectivity index (χ4v) is 3.24. The van der Waals surface area contributed by atoms with Crippen molar-refractivity contribution in [3.05, 3.63) is 16.9 Å². The third-order valence-electron chi connectivity index (χ3n) is 2.92. The Morgan fingerprint density at radius 2 is 2.00 bits per heavy atom. The van der Waals surface area contributed by atoms with Gasteiger partial charge in [-0.25, -0.2) is 8.42 Å². The molecule has 1 aliphatic heterocycles. The minimum atomic E-state index is -3.15. The van der Waals surface area contributed by atoms with Crippen molar-refractivity contribution in [2.24, 2.45) is 5.11 Å². The molecule has 19 heavy (non-hydrogen) atoms. The van der Waals surface area contributed by atoms with Crippen molar-refractivity contribution >= 4 is 10.0 Å². The van der Waals surface area contributed by atoms with Crippen molar-refractivity contribution in [3.63, 3.8) is 0 Å². The van der Waals surface area contributed by atoms with Crippen LogP contribution in [-0.4, -0.2) is 51.3 Å². The molecule has 8 heteroatoms. The Morgan fingerprint density at radius 1 is 1.26 bits per heavy atom. The van der Waals surface area contributed by atoms with Crippen LogP contribution in [0.2, 0.25) is 0 Å². The van der Waals surface area contributed by atoms with E-state index in [1.807, 2.05) is 6.42 Å². The van der Waals surface area contributed by atoms with Crippen LogP contribution in [0.15, 0.2) is 5.11 Å². The van der Waals surface area contributed by atoms with Gasteiger partial charge < -0.3 is 4.74 Å². The fraction of sp³-hybridized carbons (Fsp3) is 0.909. The molecular formula is C11H21N4O3S. The average molecular weight is 289 g/mol.